The van der Waals surface area contributed by atoms with Crippen molar-refractivity contribution in [1.82, 2.24) is 20.5 Å². The summed E-state index contributed by atoms with van der Waals surface area (Å²) in [4.78, 5) is 4.40. The normalized spacial score (nSPS) is 10.8. The van der Waals surface area contributed by atoms with E-state index >= 15 is 0 Å². The number of hydrogen-bond donors (Lipinski definition) is 4. The fourth-order valence-electron chi connectivity index (χ4n) is 2.64. The molecule has 0 fully saturated rings. The second kappa shape index (κ2) is 7.63. The zero-order chi connectivity index (χ0) is 18.7. The molecule has 2 aromatic heterocycles. The lowest BCUT2D eigenvalue weighted by Gasteiger charge is -2.13. The minimum absolute atomic E-state index is 0.230. The Balaban J connectivity index is 1.71. The van der Waals surface area contributed by atoms with E-state index in [1.807, 2.05) is 25.1 Å². The number of anilines is 1. The molecule has 2 heterocycles. The van der Waals surface area contributed by atoms with Crippen LogP contribution in [0.3, 0.4) is 0 Å². The van der Waals surface area contributed by atoms with Crippen LogP contribution in [-0.4, -0.2) is 27.4 Å². The van der Waals surface area contributed by atoms with Crippen molar-refractivity contribution in [3.05, 3.63) is 58.5 Å². The third-order valence-corrected chi connectivity index (χ3v) is 4.36. The minimum atomic E-state index is -0.230. The number of nitrogens with one attached hydrogen (secondary N) is 3. The molecule has 0 bridgehead atoms. The summed E-state index contributed by atoms with van der Waals surface area (Å²) < 4.78 is 5.18. The van der Waals surface area contributed by atoms with Gasteiger partial charge in [-0.2, -0.15) is 0 Å². The van der Waals surface area contributed by atoms with E-state index in [-0.39, 0.29) is 6.61 Å². The van der Waals surface area contributed by atoms with Gasteiger partial charge in [0, 0.05) is 17.6 Å². The lowest BCUT2D eigenvalue weighted by atomic mass is 10.1. The number of rotatable bonds is 7. The monoisotopic (exact) mass is 373 g/mol. The van der Waals surface area contributed by atoms with Crippen LogP contribution in [0.2, 0.25) is 5.02 Å². The molecule has 0 radical (unpaired) electrons. The molecular weight excluding hydrogens is 354 g/mol. The zero-order valence-electron chi connectivity index (χ0n) is 14.6. The number of hydrogen-bond acceptors (Lipinski definition) is 6. The number of ether oxygens (including phenoxy) is 1. The van der Waals surface area contributed by atoms with E-state index in [0.29, 0.717) is 40.7 Å². The van der Waals surface area contributed by atoms with Gasteiger partial charge in [0.2, 0.25) is 5.88 Å². The Hall–Kier alpha value is -2.77. The largest absolute Gasteiger partial charge is 0.479 e. The van der Waals surface area contributed by atoms with E-state index in [9.17, 15) is 5.11 Å². The fraction of sp³-hybridized carbons (Fsp3) is 0.222. The van der Waals surface area contributed by atoms with E-state index in [4.69, 9.17) is 16.3 Å². The van der Waals surface area contributed by atoms with Crippen molar-refractivity contribution in [2.24, 2.45) is 0 Å². The van der Waals surface area contributed by atoms with Crippen LogP contribution in [-0.2, 0) is 13.2 Å². The number of halogens is 1. The number of methoxy groups -OCH3 is 1. The Labute approximate surface area is 156 Å². The topological polar surface area (TPSA) is 95.1 Å². The molecule has 0 amide bonds. The van der Waals surface area contributed by atoms with Gasteiger partial charge in [-0.3, -0.25) is 5.10 Å². The van der Waals surface area contributed by atoms with Crippen molar-refractivity contribution < 1.29 is 9.84 Å². The number of H-pyrrole nitrogens is 1. The first-order valence-corrected chi connectivity index (χ1v) is 8.37. The van der Waals surface area contributed by atoms with Gasteiger partial charge in [-0.25, -0.2) is 4.98 Å². The molecule has 3 aromatic rings. The Bertz CT molecular complexity index is 954. The fourth-order valence-corrected chi connectivity index (χ4v) is 2.76. The Morgan fingerprint density at radius 2 is 2.19 bits per heavy atom. The molecule has 3 rings (SSSR count). The highest BCUT2D eigenvalue weighted by Crippen LogP contribution is 2.27. The predicted molar refractivity (Wildman–Crippen MR) is 102 cm³/mol. The first kappa shape index (κ1) is 18.0. The highest BCUT2D eigenvalue weighted by Gasteiger charge is 2.14. The van der Waals surface area contributed by atoms with Crippen LogP contribution >= 0.6 is 11.6 Å². The van der Waals surface area contributed by atoms with Gasteiger partial charge in [-0.05, 0) is 24.1 Å². The van der Waals surface area contributed by atoms with Crippen molar-refractivity contribution in [3.63, 3.8) is 0 Å². The molecule has 0 saturated carbocycles. The predicted octanol–water partition coefficient (Wildman–Crippen LogP) is 3.09. The van der Waals surface area contributed by atoms with Gasteiger partial charge >= 0.3 is 0 Å². The summed E-state index contributed by atoms with van der Waals surface area (Å²) in [7, 11) is 1.52. The minimum Gasteiger partial charge on any atom is -0.479 e. The second-order valence-corrected chi connectivity index (χ2v) is 6.22. The molecule has 0 spiro atoms. The third kappa shape index (κ3) is 3.74. The molecule has 8 heteroatoms. The van der Waals surface area contributed by atoms with E-state index in [1.165, 1.54) is 7.11 Å². The summed E-state index contributed by atoms with van der Waals surface area (Å²) >= 11 is 6.04. The number of benzene rings is 1. The molecule has 136 valence electrons. The Kier molecular flexibility index (Phi) is 5.29. The summed E-state index contributed by atoms with van der Waals surface area (Å²) in [5.74, 6) is 1.52. The molecule has 0 aliphatic carbocycles. The molecule has 0 saturated heterocycles. The number of aromatic nitrogens is 3. The Morgan fingerprint density at radius 3 is 2.88 bits per heavy atom. The number of aryl methyl sites for hydroxylation is 1. The SMILES string of the molecule is C=C(NCc1ccc(Cl)c(C)c1)Nc1cc2[nH]nc(OC)c2c(CO)n1. The third-order valence-electron chi connectivity index (χ3n) is 3.94. The van der Waals surface area contributed by atoms with Gasteiger partial charge in [0.1, 0.15) is 5.82 Å². The highest BCUT2D eigenvalue weighted by atomic mass is 35.5. The summed E-state index contributed by atoms with van der Waals surface area (Å²) in [6.45, 7) is 6.29. The van der Waals surface area contributed by atoms with Crippen LogP contribution in [0, 0.1) is 6.92 Å². The highest BCUT2D eigenvalue weighted by molar-refractivity contribution is 6.31. The van der Waals surface area contributed by atoms with Gasteiger partial charge in [-0.1, -0.05) is 30.3 Å². The van der Waals surface area contributed by atoms with Crippen molar-refractivity contribution >= 4 is 28.3 Å². The van der Waals surface area contributed by atoms with Gasteiger partial charge in [0.15, 0.2) is 0 Å². The number of nitrogens with zero attached hydrogens (tertiary/aromatic N) is 2. The molecule has 0 aliphatic rings. The van der Waals surface area contributed by atoms with Crippen LogP contribution in [0.25, 0.3) is 10.9 Å². The Morgan fingerprint density at radius 1 is 1.38 bits per heavy atom. The number of fused-ring (bicyclic) bond motifs is 1. The van der Waals surface area contributed by atoms with Crippen LogP contribution < -0.4 is 15.4 Å². The molecule has 26 heavy (non-hydrogen) atoms. The summed E-state index contributed by atoms with van der Waals surface area (Å²) in [6.07, 6.45) is 0. The van der Waals surface area contributed by atoms with E-state index in [2.05, 4.69) is 32.4 Å². The molecule has 0 aliphatic heterocycles. The smallest absolute Gasteiger partial charge is 0.242 e. The maximum absolute atomic E-state index is 9.60. The molecule has 1 aromatic carbocycles. The van der Waals surface area contributed by atoms with Gasteiger partial charge in [-0.15, -0.1) is 5.10 Å². The lowest BCUT2D eigenvalue weighted by Crippen LogP contribution is -2.19. The first-order chi connectivity index (χ1) is 12.5. The van der Waals surface area contributed by atoms with Gasteiger partial charge in [0.25, 0.3) is 0 Å². The van der Waals surface area contributed by atoms with Crippen LogP contribution in [0.4, 0.5) is 5.82 Å². The van der Waals surface area contributed by atoms with Crippen LogP contribution in [0.15, 0.2) is 36.7 Å². The zero-order valence-corrected chi connectivity index (χ0v) is 15.3. The van der Waals surface area contributed by atoms with E-state index < -0.39 is 0 Å². The molecular formula is C18H20ClN5O2. The second-order valence-electron chi connectivity index (χ2n) is 5.81. The maximum atomic E-state index is 9.60. The molecule has 7 nitrogen and oxygen atoms in total. The van der Waals surface area contributed by atoms with Gasteiger partial charge in [0.05, 0.1) is 36.1 Å². The quantitative estimate of drug-likeness (QED) is 0.508. The van der Waals surface area contributed by atoms with Crippen molar-refractivity contribution in [1.29, 1.82) is 0 Å². The van der Waals surface area contributed by atoms with E-state index in [1.54, 1.807) is 6.07 Å². The average molecular weight is 374 g/mol. The molecule has 0 unspecified atom stereocenters. The maximum Gasteiger partial charge on any atom is 0.242 e. The first-order valence-electron chi connectivity index (χ1n) is 7.99. The van der Waals surface area contributed by atoms with Crippen molar-refractivity contribution in [2.75, 3.05) is 12.4 Å². The molecule has 4 N–H and O–H groups in total. The van der Waals surface area contributed by atoms with Crippen LogP contribution in [0.1, 0.15) is 16.8 Å². The number of pyridine rings is 1. The van der Waals surface area contributed by atoms with Crippen LogP contribution in [0.5, 0.6) is 5.88 Å². The average Bonchev–Trinajstić information content (AvgIpc) is 3.05. The summed E-state index contributed by atoms with van der Waals surface area (Å²) in [5, 5.41) is 24.2. The number of aliphatic hydroxyl groups is 1. The lowest BCUT2D eigenvalue weighted by molar-refractivity contribution is 0.278. The summed E-state index contributed by atoms with van der Waals surface area (Å²) in [6, 6.07) is 7.64. The number of aliphatic hydroxyl groups excluding tert-OH is 1. The standard InChI is InChI=1S/C18H20ClN5O2/c1-10-6-12(4-5-13(10)19)8-20-11(2)21-16-7-14-17(15(9-25)22-16)18(26-3)24-23-14/h4-7,20,25H,2,8-9H2,1,3H3,(H,21,22)(H,23,24). The van der Waals surface area contributed by atoms with E-state index in [0.717, 1.165) is 16.1 Å². The van der Waals surface area contributed by atoms with Crippen molar-refractivity contribution in [2.45, 2.75) is 20.1 Å². The molecule has 0 atom stereocenters. The summed E-state index contributed by atoms with van der Waals surface area (Å²) in [5.41, 5.74) is 3.30. The number of aromatic amines is 1. The van der Waals surface area contributed by atoms with Crippen molar-refractivity contribution in [3.8, 4) is 5.88 Å². The van der Waals surface area contributed by atoms with Gasteiger partial charge < -0.3 is 20.5 Å².